The summed E-state index contributed by atoms with van der Waals surface area (Å²) in [4.78, 5) is 0. The Morgan fingerprint density at radius 3 is 2.62 bits per heavy atom. The van der Waals surface area contributed by atoms with Gasteiger partial charge in [-0.3, -0.25) is 0 Å². The van der Waals surface area contributed by atoms with Crippen LogP contribution in [-0.2, 0) is 6.54 Å². The van der Waals surface area contributed by atoms with Gasteiger partial charge >= 0.3 is 0 Å². The molecule has 2 aromatic carbocycles. The van der Waals surface area contributed by atoms with Gasteiger partial charge in [-0.15, -0.1) is 0 Å². The highest BCUT2D eigenvalue weighted by molar-refractivity contribution is 5.97. The van der Waals surface area contributed by atoms with E-state index in [0.717, 1.165) is 22.4 Å². The van der Waals surface area contributed by atoms with Gasteiger partial charge in [0, 0.05) is 17.8 Å². The molecule has 0 saturated heterocycles. The monoisotopic (exact) mass is 287 g/mol. The zero-order valence-electron chi connectivity index (χ0n) is 12.0. The summed E-state index contributed by atoms with van der Waals surface area (Å²) in [5, 5.41) is 14.8. The lowest BCUT2D eigenvalue weighted by Gasteiger charge is -2.11. The van der Waals surface area contributed by atoms with E-state index in [2.05, 4.69) is 10.5 Å². The summed E-state index contributed by atoms with van der Waals surface area (Å²) in [6, 6.07) is 10.4. The van der Waals surface area contributed by atoms with Crippen molar-refractivity contribution >= 4 is 11.5 Å². The lowest BCUT2D eigenvalue weighted by molar-refractivity contribution is 0.318. The quantitative estimate of drug-likeness (QED) is 0.350. The number of nitrogens with two attached hydrogens (primary N) is 1. The minimum absolute atomic E-state index is 0.0818. The topological polar surface area (TPSA) is 70.6 Å². The van der Waals surface area contributed by atoms with Crippen molar-refractivity contribution in [3.05, 3.63) is 64.5 Å². The number of nitrogens with one attached hydrogen (secondary N) is 1. The van der Waals surface area contributed by atoms with Crippen LogP contribution in [0.15, 0.2) is 41.6 Å². The number of anilines is 1. The molecule has 0 aliphatic rings. The van der Waals surface area contributed by atoms with Crippen LogP contribution in [0.1, 0.15) is 22.3 Å². The third kappa shape index (κ3) is 3.72. The van der Waals surface area contributed by atoms with Crippen LogP contribution in [0.2, 0.25) is 0 Å². The van der Waals surface area contributed by atoms with E-state index in [4.69, 9.17) is 10.9 Å². The van der Waals surface area contributed by atoms with E-state index in [0.29, 0.717) is 12.1 Å². The number of hydrogen-bond donors (Lipinski definition) is 3. The van der Waals surface area contributed by atoms with Crippen molar-refractivity contribution in [1.29, 1.82) is 0 Å². The molecule has 0 aromatic heterocycles. The molecule has 4 nitrogen and oxygen atoms in total. The fourth-order valence-corrected chi connectivity index (χ4v) is 2.15. The summed E-state index contributed by atoms with van der Waals surface area (Å²) >= 11 is 0. The molecule has 2 rings (SSSR count). The second kappa shape index (κ2) is 6.26. The second-order valence-corrected chi connectivity index (χ2v) is 5.00. The molecule has 0 atom stereocenters. The van der Waals surface area contributed by atoms with Crippen molar-refractivity contribution < 1.29 is 9.60 Å². The first-order valence-corrected chi connectivity index (χ1v) is 6.58. The fourth-order valence-electron chi connectivity index (χ4n) is 2.15. The Kier molecular flexibility index (Phi) is 4.42. The predicted molar refractivity (Wildman–Crippen MR) is 82.2 cm³/mol. The smallest absolute Gasteiger partial charge is 0.170 e. The molecule has 5 heteroatoms. The number of amidine groups is 1. The van der Waals surface area contributed by atoms with E-state index in [9.17, 15) is 4.39 Å². The highest BCUT2D eigenvalue weighted by Crippen LogP contribution is 2.16. The van der Waals surface area contributed by atoms with Crippen molar-refractivity contribution in [3.8, 4) is 0 Å². The van der Waals surface area contributed by atoms with Crippen LogP contribution >= 0.6 is 0 Å². The SMILES string of the molecule is Cc1cc(F)cc(NCc2ccc(/C(N)=N/O)cc2C)c1. The number of benzene rings is 2. The van der Waals surface area contributed by atoms with E-state index >= 15 is 0 Å². The van der Waals surface area contributed by atoms with E-state index < -0.39 is 0 Å². The van der Waals surface area contributed by atoms with Gasteiger partial charge in [0.25, 0.3) is 0 Å². The zero-order chi connectivity index (χ0) is 15.4. The number of nitrogens with zero attached hydrogens (tertiary/aromatic N) is 1. The largest absolute Gasteiger partial charge is 0.409 e. The summed E-state index contributed by atoms with van der Waals surface area (Å²) in [5.41, 5.74) is 9.91. The van der Waals surface area contributed by atoms with Gasteiger partial charge in [-0.05, 0) is 54.8 Å². The van der Waals surface area contributed by atoms with E-state index in [-0.39, 0.29) is 11.7 Å². The maximum absolute atomic E-state index is 13.3. The summed E-state index contributed by atoms with van der Waals surface area (Å²) < 4.78 is 13.3. The number of halogens is 1. The van der Waals surface area contributed by atoms with E-state index in [1.54, 1.807) is 6.07 Å². The standard InChI is InChI=1S/C16H18FN3O/c1-10-5-14(17)8-15(6-10)19-9-13-4-3-12(7-11(13)2)16(18)20-21/h3-8,19,21H,9H2,1-2H3,(H2,18,20). The van der Waals surface area contributed by atoms with Gasteiger partial charge in [0.05, 0.1) is 0 Å². The van der Waals surface area contributed by atoms with E-state index in [1.165, 1.54) is 12.1 Å². The Bertz CT molecular complexity index is 663. The summed E-state index contributed by atoms with van der Waals surface area (Å²) in [7, 11) is 0. The fraction of sp³-hybridized carbons (Fsp3) is 0.188. The van der Waals surface area contributed by atoms with E-state index in [1.807, 2.05) is 32.0 Å². The first-order chi connectivity index (χ1) is 9.99. The zero-order valence-corrected chi connectivity index (χ0v) is 12.0. The molecule has 0 heterocycles. The summed E-state index contributed by atoms with van der Waals surface area (Å²) in [6.45, 7) is 4.37. The van der Waals surface area contributed by atoms with Gasteiger partial charge < -0.3 is 16.3 Å². The van der Waals surface area contributed by atoms with Crippen molar-refractivity contribution in [2.45, 2.75) is 20.4 Å². The molecule has 0 amide bonds. The van der Waals surface area contributed by atoms with Crippen LogP contribution in [0.4, 0.5) is 10.1 Å². The third-order valence-corrected chi connectivity index (χ3v) is 3.27. The Balaban J connectivity index is 2.13. The molecule has 0 radical (unpaired) electrons. The number of rotatable bonds is 4. The van der Waals surface area contributed by atoms with Crippen LogP contribution in [-0.4, -0.2) is 11.0 Å². The molecule has 0 bridgehead atoms. The molecule has 0 spiro atoms. The minimum atomic E-state index is -0.253. The normalized spacial score (nSPS) is 11.5. The molecule has 0 fully saturated rings. The lowest BCUT2D eigenvalue weighted by atomic mass is 10.0. The molecule has 0 aliphatic carbocycles. The van der Waals surface area contributed by atoms with Crippen LogP contribution in [0.25, 0.3) is 0 Å². The molecule has 0 saturated carbocycles. The molecular formula is C16H18FN3O. The van der Waals surface area contributed by atoms with Crippen LogP contribution in [0.3, 0.4) is 0 Å². The maximum atomic E-state index is 13.3. The number of aryl methyl sites for hydroxylation is 2. The molecule has 110 valence electrons. The Morgan fingerprint density at radius 1 is 1.24 bits per heavy atom. The molecule has 2 aromatic rings. The van der Waals surface area contributed by atoms with Gasteiger partial charge in [-0.2, -0.15) is 0 Å². The lowest BCUT2D eigenvalue weighted by Crippen LogP contribution is -2.13. The molecule has 0 unspecified atom stereocenters. The molecular weight excluding hydrogens is 269 g/mol. The van der Waals surface area contributed by atoms with Crippen LogP contribution < -0.4 is 11.1 Å². The van der Waals surface area contributed by atoms with Crippen molar-refractivity contribution in [3.63, 3.8) is 0 Å². The van der Waals surface area contributed by atoms with Gasteiger partial charge in [-0.25, -0.2) is 4.39 Å². The Morgan fingerprint density at radius 2 is 2.00 bits per heavy atom. The molecule has 0 aliphatic heterocycles. The van der Waals surface area contributed by atoms with Crippen molar-refractivity contribution in [1.82, 2.24) is 0 Å². The number of oxime groups is 1. The average Bonchev–Trinajstić information content (AvgIpc) is 2.44. The summed E-state index contributed by atoms with van der Waals surface area (Å²) in [6.07, 6.45) is 0. The highest BCUT2D eigenvalue weighted by Gasteiger charge is 2.04. The first-order valence-electron chi connectivity index (χ1n) is 6.58. The van der Waals surface area contributed by atoms with Gasteiger partial charge in [0.1, 0.15) is 5.82 Å². The van der Waals surface area contributed by atoms with Crippen molar-refractivity contribution in [2.75, 3.05) is 5.32 Å². The second-order valence-electron chi connectivity index (χ2n) is 5.00. The minimum Gasteiger partial charge on any atom is -0.409 e. The first kappa shape index (κ1) is 14.8. The maximum Gasteiger partial charge on any atom is 0.170 e. The molecule has 4 N–H and O–H groups in total. The Hall–Kier alpha value is -2.56. The Labute approximate surface area is 123 Å². The summed E-state index contributed by atoms with van der Waals surface area (Å²) in [5.74, 6) is -0.171. The number of hydrogen-bond acceptors (Lipinski definition) is 3. The average molecular weight is 287 g/mol. The van der Waals surface area contributed by atoms with Crippen molar-refractivity contribution in [2.24, 2.45) is 10.9 Å². The van der Waals surface area contributed by atoms with Crippen LogP contribution in [0.5, 0.6) is 0 Å². The molecule has 21 heavy (non-hydrogen) atoms. The van der Waals surface area contributed by atoms with Crippen LogP contribution in [0, 0.1) is 19.7 Å². The van der Waals surface area contributed by atoms with Gasteiger partial charge in [0.2, 0.25) is 0 Å². The predicted octanol–water partition coefficient (Wildman–Crippen LogP) is 3.15. The highest BCUT2D eigenvalue weighted by atomic mass is 19.1. The van der Waals surface area contributed by atoms with Gasteiger partial charge in [-0.1, -0.05) is 17.3 Å². The third-order valence-electron chi connectivity index (χ3n) is 3.27. The van der Waals surface area contributed by atoms with Gasteiger partial charge in [0.15, 0.2) is 5.84 Å².